The Morgan fingerprint density at radius 1 is 0.963 bits per heavy atom. The van der Waals surface area contributed by atoms with Crippen LogP contribution in [0.25, 0.3) is 22.4 Å². The van der Waals surface area contributed by atoms with E-state index in [0.717, 1.165) is 22.4 Å². The molecule has 1 aromatic heterocycles. The van der Waals surface area contributed by atoms with E-state index in [1.165, 1.54) is 0 Å². The van der Waals surface area contributed by atoms with Crippen molar-refractivity contribution in [2.75, 3.05) is 17.7 Å². The smallest absolute Gasteiger partial charge is 0.323 e. The quantitative estimate of drug-likeness (QED) is 0.486. The highest BCUT2D eigenvalue weighted by Crippen LogP contribution is 2.25. The van der Waals surface area contributed by atoms with E-state index in [1.54, 1.807) is 19.2 Å². The Morgan fingerprint density at radius 2 is 1.78 bits per heavy atom. The van der Waals surface area contributed by atoms with Crippen LogP contribution in [-0.2, 0) is 0 Å². The summed E-state index contributed by atoms with van der Waals surface area (Å²) in [6, 6.07) is 22.3. The maximum Gasteiger partial charge on any atom is 0.323 e. The fourth-order valence-corrected chi connectivity index (χ4v) is 2.87. The SMILES string of the molecule is COc1ccccc1NC(=O)Nc1cccc(-c2nc3ccccc3[nH]2)c1. The van der Waals surface area contributed by atoms with Crippen molar-refractivity contribution in [1.29, 1.82) is 0 Å². The first-order valence-electron chi connectivity index (χ1n) is 8.49. The molecule has 6 heteroatoms. The number of aromatic nitrogens is 2. The molecule has 0 aliphatic carbocycles. The van der Waals surface area contributed by atoms with E-state index in [1.807, 2.05) is 60.7 Å². The van der Waals surface area contributed by atoms with Gasteiger partial charge in [-0.2, -0.15) is 0 Å². The van der Waals surface area contributed by atoms with Crippen LogP contribution < -0.4 is 15.4 Å². The second-order valence-corrected chi connectivity index (χ2v) is 5.96. The third-order valence-corrected chi connectivity index (χ3v) is 4.14. The van der Waals surface area contributed by atoms with Gasteiger partial charge in [0.25, 0.3) is 0 Å². The van der Waals surface area contributed by atoms with Gasteiger partial charge in [0.2, 0.25) is 0 Å². The van der Waals surface area contributed by atoms with Crippen LogP contribution >= 0.6 is 0 Å². The molecule has 4 aromatic rings. The van der Waals surface area contributed by atoms with Crippen molar-refractivity contribution in [1.82, 2.24) is 9.97 Å². The maximum absolute atomic E-state index is 12.3. The number of carbonyl (C=O) groups is 1. The standard InChI is InChI=1S/C21H18N4O2/c1-27-19-12-5-4-11-18(19)25-21(26)22-15-8-6-7-14(13-15)20-23-16-9-2-3-10-17(16)24-20/h2-13H,1H3,(H,23,24)(H2,22,25,26). The Hall–Kier alpha value is -3.80. The van der Waals surface area contributed by atoms with Crippen LogP contribution in [0.4, 0.5) is 16.2 Å². The van der Waals surface area contributed by atoms with Crippen LogP contribution in [0.3, 0.4) is 0 Å². The third-order valence-electron chi connectivity index (χ3n) is 4.14. The van der Waals surface area contributed by atoms with Crippen molar-refractivity contribution >= 4 is 28.4 Å². The Balaban J connectivity index is 1.53. The second kappa shape index (κ2) is 7.21. The van der Waals surface area contributed by atoms with Crippen molar-refractivity contribution in [2.45, 2.75) is 0 Å². The number of hydrogen-bond acceptors (Lipinski definition) is 3. The Morgan fingerprint density at radius 3 is 2.63 bits per heavy atom. The molecule has 3 N–H and O–H groups in total. The number of anilines is 2. The topological polar surface area (TPSA) is 79.0 Å². The van der Waals surface area contributed by atoms with E-state index in [0.29, 0.717) is 17.1 Å². The Bertz CT molecular complexity index is 1070. The molecule has 0 spiro atoms. The van der Waals surface area contributed by atoms with Gasteiger partial charge in [-0.3, -0.25) is 0 Å². The van der Waals surface area contributed by atoms with Crippen LogP contribution in [0.5, 0.6) is 5.75 Å². The highest BCUT2D eigenvalue weighted by Gasteiger charge is 2.09. The maximum atomic E-state index is 12.3. The van der Waals surface area contributed by atoms with E-state index < -0.39 is 0 Å². The average molecular weight is 358 g/mol. The Labute approximate surface area is 156 Å². The number of benzene rings is 3. The number of para-hydroxylation sites is 4. The first kappa shape index (κ1) is 16.7. The monoisotopic (exact) mass is 358 g/mol. The van der Waals surface area contributed by atoms with Gasteiger partial charge in [-0.15, -0.1) is 0 Å². The number of imidazole rings is 1. The number of methoxy groups -OCH3 is 1. The minimum atomic E-state index is -0.346. The van der Waals surface area contributed by atoms with Crippen molar-refractivity contribution in [3.05, 3.63) is 72.8 Å². The number of H-pyrrole nitrogens is 1. The number of urea groups is 1. The van der Waals surface area contributed by atoms with Crippen LogP contribution in [-0.4, -0.2) is 23.1 Å². The van der Waals surface area contributed by atoms with Crippen LogP contribution in [0, 0.1) is 0 Å². The molecule has 0 aliphatic rings. The Kier molecular flexibility index (Phi) is 4.45. The van der Waals surface area contributed by atoms with E-state index in [-0.39, 0.29) is 6.03 Å². The lowest BCUT2D eigenvalue weighted by Crippen LogP contribution is -2.19. The molecule has 134 valence electrons. The molecule has 0 radical (unpaired) electrons. The van der Waals surface area contributed by atoms with Crippen LogP contribution in [0.2, 0.25) is 0 Å². The molecule has 3 aromatic carbocycles. The molecule has 0 bridgehead atoms. The molecular weight excluding hydrogens is 340 g/mol. The van der Waals surface area contributed by atoms with Crippen molar-refractivity contribution < 1.29 is 9.53 Å². The number of fused-ring (bicyclic) bond motifs is 1. The lowest BCUT2D eigenvalue weighted by molar-refractivity contribution is 0.262. The molecule has 0 unspecified atom stereocenters. The number of nitrogens with zero attached hydrogens (tertiary/aromatic N) is 1. The lowest BCUT2D eigenvalue weighted by atomic mass is 10.2. The zero-order valence-electron chi connectivity index (χ0n) is 14.7. The van der Waals surface area contributed by atoms with E-state index in [4.69, 9.17) is 4.74 Å². The van der Waals surface area contributed by atoms with Crippen molar-refractivity contribution in [3.63, 3.8) is 0 Å². The van der Waals surface area contributed by atoms with Gasteiger partial charge in [-0.25, -0.2) is 9.78 Å². The zero-order chi connectivity index (χ0) is 18.6. The molecule has 0 fully saturated rings. The normalized spacial score (nSPS) is 10.6. The average Bonchev–Trinajstić information content (AvgIpc) is 3.13. The van der Waals surface area contributed by atoms with Gasteiger partial charge in [0.15, 0.2) is 0 Å². The number of rotatable bonds is 4. The summed E-state index contributed by atoms with van der Waals surface area (Å²) in [6.45, 7) is 0. The van der Waals surface area contributed by atoms with Gasteiger partial charge in [-0.1, -0.05) is 36.4 Å². The number of hydrogen-bond donors (Lipinski definition) is 3. The molecular formula is C21H18N4O2. The molecule has 1 heterocycles. The first-order chi connectivity index (χ1) is 13.2. The van der Waals surface area contributed by atoms with Gasteiger partial charge in [0.05, 0.1) is 23.8 Å². The summed E-state index contributed by atoms with van der Waals surface area (Å²) in [6.07, 6.45) is 0. The van der Waals surface area contributed by atoms with Gasteiger partial charge < -0.3 is 20.4 Å². The molecule has 4 rings (SSSR count). The van der Waals surface area contributed by atoms with Crippen molar-refractivity contribution in [2.24, 2.45) is 0 Å². The number of amides is 2. The number of aromatic amines is 1. The molecule has 0 saturated carbocycles. The molecule has 0 saturated heterocycles. The largest absolute Gasteiger partial charge is 0.495 e. The highest BCUT2D eigenvalue weighted by atomic mass is 16.5. The molecule has 6 nitrogen and oxygen atoms in total. The summed E-state index contributed by atoms with van der Waals surface area (Å²) in [7, 11) is 1.56. The van der Waals surface area contributed by atoms with Gasteiger partial charge >= 0.3 is 6.03 Å². The second-order valence-electron chi connectivity index (χ2n) is 5.96. The lowest BCUT2D eigenvalue weighted by Gasteiger charge is -2.11. The van der Waals surface area contributed by atoms with Crippen LogP contribution in [0.15, 0.2) is 72.8 Å². The predicted octanol–water partition coefficient (Wildman–Crippen LogP) is 4.88. The predicted molar refractivity (Wildman–Crippen MR) is 107 cm³/mol. The summed E-state index contributed by atoms with van der Waals surface area (Å²) in [4.78, 5) is 20.2. The van der Waals surface area contributed by atoms with E-state index >= 15 is 0 Å². The van der Waals surface area contributed by atoms with Gasteiger partial charge in [-0.05, 0) is 36.4 Å². The first-order valence-corrected chi connectivity index (χ1v) is 8.49. The zero-order valence-corrected chi connectivity index (χ0v) is 14.7. The fourth-order valence-electron chi connectivity index (χ4n) is 2.87. The summed E-state index contributed by atoms with van der Waals surface area (Å²) in [5.74, 6) is 1.36. The fraction of sp³-hybridized carbons (Fsp3) is 0.0476. The summed E-state index contributed by atoms with van der Waals surface area (Å²) in [5, 5.41) is 5.63. The van der Waals surface area contributed by atoms with E-state index in [9.17, 15) is 4.79 Å². The van der Waals surface area contributed by atoms with Gasteiger partial charge in [0, 0.05) is 11.3 Å². The van der Waals surface area contributed by atoms with E-state index in [2.05, 4.69) is 20.6 Å². The minimum Gasteiger partial charge on any atom is -0.495 e. The van der Waals surface area contributed by atoms with Crippen LogP contribution in [0.1, 0.15) is 0 Å². The molecule has 2 amide bonds. The molecule has 0 aliphatic heterocycles. The number of carbonyl (C=O) groups excluding carboxylic acids is 1. The summed E-state index contributed by atoms with van der Waals surface area (Å²) < 4.78 is 5.25. The molecule has 27 heavy (non-hydrogen) atoms. The molecule has 0 atom stereocenters. The highest BCUT2D eigenvalue weighted by molar-refractivity contribution is 6.01. The number of ether oxygens (including phenoxy) is 1. The van der Waals surface area contributed by atoms with Crippen molar-refractivity contribution in [3.8, 4) is 17.1 Å². The van der Waals surface area contributed by atoms with Gasteiger partial charge in [0.1, 0.15) is 11.6 Å². The third kappa shape index (κ3) is 3.59. The summed E-state index contributed by atoms with van der Waals surface area (Å²) >= 11 is 0. The number of nitrogens with one attached hydrogen (secondary N) is 3. The minimum absolute atomic E-state index is 0.346. The summed E-state index contributed by atoms with van der Waals surface area (Å²) in [5.41, 5.74) is 4.03.